The number of hydrogen-bond acceptors (Lipinski definition) is 5. The van der Waals surface area contributed by atoms with Gasteiger partial charge in [-0.15, -0.1) is 11.3 Å². The molecule has 3 rings (SSSR count). The van der Waals surface area contributed by atoms with Crippen molar-refractivity contribution < 1.29 is 19.0 Å². The highest BCUT2D eigenvalue weighted by molar-refractivity contribution is 7.09. The van der Waals surface area contributed by atoms with Gasteiger partial charge in [0.2, 0.25) is 0 Å². The van der Waals surface area contributed by atoms with Crippen molar-refractivity contribution in [3.05, 3.63) is 46.7 Å². The first-order valence-electron chi connectivity index (χ1n) is 8.89. The molecule has 140 valence electrons. The minimum absolute atomic E-state index is 0.0234. The van der Waals surface area contributed by atoms with E-state index in [1.807, 2.05) is 40.6 Å². The third kappa shape index (κ3) is 4.99. The van der Waals surface area contributed by atoms with Crippen LogP contribution in [-0.2, 0) is 16.1 Å². The molecule has 2 heterocycles. The van der Waals surface area contributed by atoms with Crippen molar-refractivity contribution in [2.75, 3.05) is 20.3 Å². The Kier molecular flexibility index (Phi) is 6.52. The second-order valence-electron chi connectivity index (χ2n) is 6.37. The van der Waals surface area contributed by atoms with E-state index in [-0.39, 0.29) is 12.0 Å². The molecule has 0 aliphatic carbocycles. The third-order valence-electron chi connectivity index (χ3n) is 4.41. The summed E-state index contributed by atoms with van der Waals surface area (Å²) in [4.78, 5) is 16.0. The monoisotopic (exact) mass is 375 g/mol. The number of methoxy groups -OCH3 is 1. The molecule has 2 aromatic rings. The second-order valence-corrected chi connectivity index (χ2v) is 7.40. The molecule has 0 radical (unpaired) electrons. The number of ether oxygens (including phenoxy) is 3. The van der Waals surface area contributed by atoms with Crippen LogP contribution in [0.15, 0.2) is 41.8 Å². The van der Waals surface area contributed by atoms with Gasteiger partial charge in [-0.25, -0.2) is 0 Å². The molecule has 1 amide bonds. The summed E-state index contributed by atoms with van der Waals surface area (Å²) in [6.45, 7) is 3.77. The third-order valence-corrected chi connectivity index (χ3v) is 5.27. The molecule has 1 fully saturated rings. The Morgan fingerprint density at radius 2 is 2.08 bits per heavy atom. The molecule has 2 unspecified atom stereocenters. The predicted molar refractivity (Wildman–Crippen MR) is 102 cm³/mol. The Bertz CT molecular complexity index is 680. The summed E-state index contributed by atoms with van der Waals surface area (Å²) >= 11 is 1.66. The van der Waals surface area contributed by atoms with Gasteiger partial charge in [-0.1, -0.05) is 6.07 Å². The normalized spacial score (nSPS) is 17.7. The lowest BCUT2D eigenvalue weighted by Crippen LogP contribution is -2.43. The fourth-order valence-corrected chi connectivity index (χ4v) is 3.74. The smallest absolute Gasteiger partial charge is 0.263 e. The first-order chi connectivity index (χ1) is 12.7. The van der Waals surface area contributed by atoms with Gasteiger partial charge in [0.05, 0.1) is 19.8 Å². The van der Waals surface area contributed by atoms with Crippen LogP contribution in [0.5, 0.6) is 11.5 Å². The van der Waals surface area contributed by atoms with Crippen LogP contribution in [-0.4, -0.2) is 43.3 Å². The number of amides is 1. The largest absolute Gasteiger partial charge is 0.497 e. The Morgan fingerprint density at radius 3 is 2.69 bits per heavy atom. The highest BCUT2D eigenvalue weighted by Crippen LogP contribution is 2.21. The summed E-state index contributed by atoms with van der Waals surface area (Å²) in [5, 5.41) is 2.03. The van der Waals surface area contributed by atoms with E-state index >= 15 is 0 Å². The van der Waals surface area contributed by atoms with Gasteiger partial charge in [-0.2, -0.15) is 0 Å². The molecule has 1 aromatic heterocycles. The average molecular weight is 375 g/mol. The zero-order chi connectivity index (χ0) is 18.4. The molecule has 0 saturated carbocycles. The molecular formula is C20H25NO4S. The Morgan fingerprint density at radius 1 is 1.31 bits per heavy atom. The molecule has 0 bridgehead atoms. The summed E-state index contributed by atoms with van der Waals surface area (Å²) in [6, 6.07) is 11.3. The molecule has 0 N–H and O–H groups in total. The molecule has 5 nitrogen and oxygen atoms in total. The number of hydrogen-bond donors (Lipinski definition) is 0. The van der Waals surface area contributed by atoms with Gasteiger partial charge in [-0.3, -0.25) is 4.79 Å². The van der Waals surface area contributed by atoms with Crippen molar-refractivity contribution in [2.24, 2.45) is 0 Å². The van der Waals surface area contributed by atoms with E-state index < -0.39 is 6.10 Å². The highest BCUT2D eigenvalue weighted by Gasteiger charge is 2.27. The predicted octanol–water partition coefficient (Wildman–Crippen LogP) is 3.73. The zero-order valence-electron chi connectivity index (χ0n) is 15.2. The lowest BCUT2D eigenvalue weighted by Gasteiger charge is -2.28. The maximum absolute atomic E-state index is 13.0. The first kappa shape index (κ1) is 18.7. The Balaban J connectivity index is 1.65. The molecular weight excluding hydrogens is 350 g/mol. The average Bonchev–Trinajstić information content (AvgIpc) is 3.35. The van der Waals surface area contributed by atoms with Crippen LogP contribution in [0, 0.1) is 0 Å². The molecule has 26 heavy (non-hydrogen) atoms. The zero-order valence-corrected chi connectivity index (χ0v) is 16.0. The summed E-state index contributed by atoms with van der Waals surface area (Å²) in [7, 11) is 1.62. The number of carbonyl (C=O) groups is 1. The van der Waals surface area contributed by atoms with Gasteiger partial charge >= 0.3 is 0 Å². The van der Waals surface area contributed by atoms with E-state index in [1.165, 1.54) is 0 Å². The summed E-state index contributed by atoms with van der Waals surface area (Å²) in [5.41, 5.74) is 0. The quantitative estimate of drug-likeness (QED) is 0.705. The molecule has 1 aromatic carbocycles. The first-order valence-corrected chi connectivity index (χ1v) is 9.77. The van der Waals surface area contributed by atoms with E-state index in [0.717, 1.165) is 30.1 Å². The number of rotatable bonds is 8. The maximum atomic E-state index is 13.0. The van der Waals surface area contributed by atoms with Gasteiger partial charge in [-0.05, 0) is 55.5 Å². The maximum Gasteiger partial charge on any atom is 0.263 e. The lowest BCUT2D eigenvalue weighted by molar-refractivity contribution is -0.140. The molecule has 6 heteroatoms. The van der Waals surface area contributed by atoms with Gasteiger partial charge in [0, 0.05) is 18.0 Å². The van der Waals surface area contributed by atoms with Gasteiger partial charge in [0.1, 0.15) is 11.5 Å². The van der Waals surface area contributed by atoms with Gasteiger partial charge < -0.3 is 19.1 Å². The van der Waals surface area contributed by atoms with Crippen LogP contribution in [0.25, 0.3) is 0 Å². The summed E-state index contributed by atoms with van der Waals surface area (Å²) < 4.78 is 16.7. The minimum Gasteiger partial charge on any atom is -0.497 e. The van der Waals surface area contributed by atoms with Gasteiger partial charge in [0.15, 0.2) is 6.10 Å². The lowest BCUT2D eigenvalue weighted by atomic mass is 10.2. The van der Waals surface area contributed by atoms with Gasteiger partial charge in [0.25, 0.3) is 5.91 Å². The number of carbonyl (C=O) groups excluding carboxylic acids is 1. The van der Waals surface area contributed by atoms with E-state index in [4.69, 9.17) is 14.2 Å². The standard InChI is InChI=1S/C20H25NO4S/c1-15(25-17-9-7-16(23-2)8-10-17)20(22)21(13-18-5-3-11-24-18)14-19-6-4-12-26-19/h4,6-10,12,15,18H,3,5,11,13-14H2,1-2H3. The van der Waals surface area contributed by atoms with Crippen LogP contribution in [0.2, 0.25) is 0 Å². The van der Waals surface area contributed by atoms with Crippen molar-refractivity contribution in [1.29, 1.82) is 0 Å². The van der Waals surface area contributed by atoms with E-state index in [0.29, 0.717) is 18.8 Å². The minimum atomic E-state index is -0.565. The number of benzene rings is 1. The van der Waals surface area contributed by atoms with Crippen LogP contribution in [0.3, 0.4) is 0 Å². The van der Waals surface area contributed by atoms with Crippen molar-refractivity contribution in [3.8, 4) is 11.5 Å². The molecule has 0 spiro atoms. The fraction of sp³-hybridized carbons (Fsp3) is 0.450. The highest BCUT2D eigenvalue weighted by atomic mass is 32.1. The Hall–Kier alpha value is -2.05. The van der Waals surface area contributed by atoms with E-state index in [9.17, 15) is 4.79 Å². The SMILES string of the molecule is COc1ccc(OC(C)C(=O)N(Cc2cccs2)CC2CCCO2)cc1. The fourth-order valence-electron chi connectivity index (χ4n) is 3.02. The van der Waals surface area contributed by atoms with E-state index in [2.05, 4.69) is 6.07 Å². The molecule has 2 atom stereocenters. The molecule has 1 aliphatic heterocycles. The van der Waals surface area contributed by atoms with E-state index in [1.54, 1.807) is 25.4 Å². The van der Waals surface area contributed by atoms with Crippen molar-refractivity contribution in [3.63, 3.8) is 0 Å². The number of nitrogens with zero attached hydrogens (tertiary/aromatic N) is 1. The topological polar surface area (TPSA) is 48.0 Å². The van der Waals surface area contributed by atoms with Crippen LogP contribution in [0.1, 0.15) is 24.6 Å². The Labute approximate surface area is 158 Å². The van der Waals surface area contributed by atoms with Crippen molar-refractivity contribution >= 4 is 17.2 Å². The second kappa shape index (κ2) is 9.05. The van der Waals surface area contributed by atoms with Crippen LogP contribution < -0.4 is 9.47 Å². The number of thiophene rings is 1. The van der Waals surface area contributed by atoms with Crippen LogP contribution >= 0.6 is 11.3 Å². The van der Waals surface area contributed by atoms with Crippen molar-refractivity contribution in [1.82, 2.24) is 4.90 Å². The molecule has 1 aliphatic rings. The van der Waals surface area contributed by atoms with Crippen molar-refractivity contribution in [2.45, 2.75) is 38.5 Å². The molecule has 1 saturated heterocycles. The summed E-state index contributed by atoms with van der Waals surface area (Å²) in [5.74, 6) is 1.39. The van der Waals surface area contributed by atoms with Crippen LogP contribution in [0.4, 0.5) is 0 Å². The summed E-state index contributed by atoms with van der Waals surface area (Å²) in [6.07, 6.45) is 1.61.